The Kier molecular flexibility index (Phi) is 10.2. The number of carbonyl (C=O) groups excluding carboxylic acids is 1. The molecule has 1 N–H and O–H groups in total. The van der Waals surface area contributed by atoms with Crippen LogP contribution in [-0.4, -0.2) is 29.4 Å². The molecule has 0 heterocycles. The largest absolute Gasteiger partial charge is 0.481 e. The van der Waals surface area contributed by atoms with Gasteiger partial charge < -0.3 is 9.84 Å². The van der Waals surface area contributed by atoms with Crippen molar-refractivity contribution < 1.29 is 19.4 Å². The molecule has 0 saturated carbocycles. The number of unbranched alkanes of at least 4 members (excludes halogenated alkanes) is 3. The lowest BCUT2D eigenvalue weighted by Gasteiger charge is -2.08. The maximum atomic E-state index is 11.5. The molecule has 0 bridgehead atoms. The molecule has 2 rings (SSSR count). The van der Waals surface area contributed by atoms with Crippen LogP contribution in [0.4, 0.5) is 0 Å². The van der Waals surface area contributed by atoms with Crippen LogP contribution in [0.25, 0.3) is 0 Å². The quantitative estimate of drug-likeness (QED) is 0.289. The van der Waals surface area contributed by atoms with E-state index in [1.807, 2.05) is 0 Å². The number of benzene rings is 2. The smallest absolute Gasteiger partial charge is 0.305 e. The van der Waals surface area contributed by atoms with Crippen molar-refractivity contribution in [3.8, 4) is 0 Å². The molecule has 28 heavy (non-hydrogen) atoms. The number of rotatable bonds is 13. The van der Waals surface area contributed by atoms with Crippen LogP contribution in [0.1, 0.15) is 44.9 Å². The van der Waals surface area contributed by atoms with Crippen LogP contribution >= 0.6 is 0 Å². The van der Waals surface area contributed by atoms with Crippen LogP contribution in [0.2, 0.25) is 0 Å². The van der Waals surface area contributed by atoms with E-state index >= 15 is 0 Å². The highest BCUT2D eigenvalue weighted by molar-refractivity contribution is 7.97. The van der Waals surface area contributed by atoms with Crippen LogP contribution in [0.3, 0.4) is 0 Å². The predicted molar refractivity (Wildman–Crippen MR) is 113 cm³/mol. The van der Waals surface area contributed by atoms with E-state index in [9.17, 15) is 9.59 Å². The average molecular weight is 402 g/mol. The van der Waals surface area contributed by atoms with Gasteiger partial charge in [-0.3, -0.25) is 9.59 Å². The zero-order valence-electron chi connectivity index (χ0n) is 16.2. The standard InChI is InChI=1S/C23H28O4S/c24-22(25)16-11-17-23(26)27-18-9-1-2-10-19-28(20-12-5-3-6-13-20)21-14-7-4-8-15-21/h3-8,12-15H,1-2,9-11,16-19H2/p+1. The molecule has 2 aromatic carbocycles. The maximum absolute atomic E-state index is 11.5. The first-order valence-corrected chi connectivity index (χ1v) is 11.2. The number of carboxylic acids is 1. The minimum Gasteiger partial charge on any atom is -0.481 e. The molecule has 0 unspecified atom stereocenters. The van der Waals surface area contributed by atoms with Gasteiger partial charge in [-0.15, -0.1) is 0 Å². The topological polar surface area (TPSA) is 63.6 Å². The van der Waals surface area contributed by atoms with Gasteiger partial charge in [0.25, 0.3) is 0 Å². The number of esters is 1. The van der Waals surface area contributed by atoms with Crippen molar-refractivity contribution >= 4 is 22.8 Å². The second-order valence-electron chi connectivity index (χ2n) is 6.60. The molecule has 0 fully saturated rings. The lowest BCUT2D eigenvalue weighted by Crippen LogP contribution is -2.09. The number of carbonyl (C=O) groups is 2. The Morgan fingerprint density at radius 1 is 0.750 bits per heavy atom. The molecule has 0 amide bonds. The van der Waals surface area contributed by atoms with Crippen LogP contribution in [0.15, 0.2) is 70.5 Å². The lowest BCUT2D eigenvalue weighted by atomic mass is 10.2. The fraction of sp³-hybridized carbons (Fsp3) is 0.391. The van der Waals surface area contributed by atoms with E-state index in [-0.39, 0.29) is 29.7 Å². The van der Waals surface area contributed by atoms with Crippen LogP contribution in [0.5, 0.6) is 0 Å². The van der Waals surface area contributed by atoms with Gasteiger partial charge in [-0.25, -0.2) is 0 Å². The summed E-state index contributed by atoms with van der Waals surface area (Å²) in [6.07, 6.45) is 4.68. The zero-order chi connectivity index (χ0) is 20.0. The van der Waals surface area contributed by atoms with Gasteiger partial charge in [0.05, 0.1) is 17.5 Å². The van der Waals surface area contributed by atoms with E-state index in [0.29, 0.717) is 13.0 Å². The molecular weight excluding hydrogens is 372 g/mol. The summed E-state index contributed by atoms with van der Waals surface area (Å²) in [5, 5.41) is 8.56. The average Bonchev–Trinajstić information content (AvgIpc) is 2.71. The Hall–Kier alpha value is -2.27. The third kappa shape index (κ3) is 8.61. The van der Waals surface area contributed by atoms with Crippen molar-refractivity contribution in [3.05, 3.63) is 60.7 Å². The van der Waals surface area contributed by atoms with Crippen molar-refractivity contribution in [3.63, 3.8) is 0 Å². The van der Waals surface area contributed by atoms with Gasteiger partial charge >= 0.3 is 11.9 Å². The van der Waals surface area contributed by atoms with E-state index < -0.39 is 5.97 Å². The summed E-state index contributed by atoms with van der Waals surface area (Å²) >= 11 is 0. The fourth-order valence-electron chi connectivity index (χ4n) is 2.89. The molecule has 0 aliphatic heterocycles. The summed E-state index contributed by atoms with van der Waals surface area (Å²) < 4.78 is 5.16. The summed E-state index contributed by atoms with van der Waals surface area (Å²) in [5.41, 5.74) is 0. The van der Waals surface area contributed by atoms with Crippen molar-refractivity contribution in [2.45, 2.75) is 54.7 Å². The van der Waals surface area contributed by atoms with Crippen molar-refractivity contribution in [1.82, 2.24) is 0 Å². The summed E-state index contributed by atoms with van der Waals surface area (Å²) in [5.74, 6) is -0.0445. The van der Waals surface area contributed by atoms with E-state index in [1.54, 1.807) is 0 Å². The third-order valence-electron chi connectivity index (χ3n) is 4.33. The van der Waals surface area contributed by atoms with Crippen molar-refractivity contribution in [1.29, 1.82) is 0 Å². The highest BCUT2D eigenvalue weighted by Crippen LogP contribution is 2.24. The monoisotopic (exact) mass is 401 g/mol. The Morgan fingerprint density at radius 2 is 1.32 bits per heavy atom. The normalized spacial score (nSPS) is 10.8. The van der Waals surface area contributed by atoms with Crippen molar-refractivity contribution in [2.75, 3.05) is 12.4 Å². The molecule has 0 aliphatic carbocycles. The van der Waals surface area contributed by atoms with E-state index in [0.717, 1.165) is 31.4 Å². The summed E-state index contributed by atoms with van der Waals surface area (Å²) in [6.45, 7) is 0.426. The molecule has 0 radical (unpaired) electrons. The second-order valence-corrected chi connectivity index (χ2v) is 8.74. The number of hydrogen-bond acceptors (Lipinski definition) is 3. The molecule has 0 saturated heterocycles. The Morgan fingerprint density at radius 3 is 1.89 bits per heavy atom. The fourth-order valence-corrected chi connectivity index (χ4v) is 5.09. The molecule has 2 aromatic rings. The van der Waals surface area contributed by atoms with Gasteiger partial charge in [0.15, 0.2) is 9.79 Å². The Balaban J connectivity index is 1.65. The molecule has 0 aromatic heterocycles. The van der Waals surface area contributed by atoms with E-state index in [2.05, 4.69) is 60.7 Å². The Labute approximate surface area is 170 Å². The second kappa shape index (κ2) is 13.0. The number of carboxylic acid groups (broad SMARTS) is 1. The SMILES string of the molecule is O=C(O)CCCC(=O)OCCCCCC[S+](c1ccccc1)c1ccccc1. The molecule has 0 aliphatic rings. The molecule has 0 spiro atoms. The number of hydrogen-bond donors (Lipinski definition) is 1. The molecule has 0 atom stereocenters. The predicted octanol–water partition coefficient (Wildman–Crippen LogP) is 5.08. The Bertz CT molecular complexity index is 664. The zero-order valence-corrected chi connectivity index (χ0v) is 17.0. The summed E-state index contributed by atoms with van der Waals surface area (Å²) in [7, 11) is 0.0931. The van der Waals surface area contributed by atoms with Gasteiger partial charge in [0.2, 0.25) is 0 Å². The van der Waals surface area contributed by atoms with Gasteiger partial charge in [-0.1, -0.05) is 36.4 Å². The minimum atomic E-state index is -0.877. The maximum Gasteiger partial charge on any atom is 0.305 e. The number of ether oxygens (including phenoxy) is 1. The first-order chi connectivity index (χ1) is 13.7. The van der Waals surface area contributed by atoms with Gasteiger partial charge in [0, 0.05) is 12.8 Å². The van der Waals surface area contributed by atoms with Gasteiger partial charge in [0.1, 0.15) is 5.75 Å². The van der Waals surface area contributed by atoms with E-state index in [1.165, 1.54) is 9.79 Å². The van der Waals surface area contributed by atoms with E-state index in [4.69, 9.17) is 9.84 Å². The van der Waals surface area contributed by atoms with Gasteiger partial charge in [-0.05, 0) is 56.4 Å². The van der Waals surface area contributed by atoms with Crippen molar-refractivity contribution in [2.24, 2.45) is 0 Å². The minimum absolute atomic E-state index is 0.0138. The number of aliphatic carboxylic acids is 1. The molecular formula is C23H29O4S+. The van der Waals surface area contributed by atoms with Gasteiger partial charge in [-0.2, -0.15) is 0 Å². The molecule has 4 nitrogen and oxygen atoms in total. The summed E-state index contributed by atoms with van der Waals surface area (Å²) in [4.78, 5) is 24.7. The van der Waals surface area contributed by atoms with Crippen LogP contribution in [-0.2, 0) is 25.2 Å². The third-order valence-corrected chi connectivity index (χ3v) is 6.71. The lowest BCUT2D eigenvalue weighted by molar-refractivity contribution is -0.144. The van der Waals surface area contributed by atoms with Crippen LogP contribution in [0, 0.1) is 0 Å². The first kappa shape index (κ1) is 22.0. The van der Waals surface area contributed by atoms with Crippen LogP contribution < -0.4 is 0 Å². The highest BCUT2D eigenvalue weighted by Gasteiger charge is 2.23. The summed E-state index contributed by atoms with van der Waals surface area (Å²) in [6, 6.07) is 21.3. The highest BCUT2D eigenvalue weighted by atomic mass is 32.2. The molecule has 5 heteroatoms. The first-order valence-electron chi connectivity index (χ1n) is 9.85. The molecule has 150 valence electrons.